The molecule has 2 atom stereocenters. The number of unbranched alkanes of at least 4 members (excludes halogenated alkanes) is 11. The van der Waals surface area contributed by atoms with Crippen molar-refractivity contribution in [2.45, 2.75) is 95.2 Å². The maximum atomic E-state index is 13.0. The molecule has 0 bridgehead atoms. The van der Waals surface area contributed by atoms with Crippen molar-refractivity contribution >= 4 is 5.78 Å². The van der Waals surface area contributed by atoms with E-state index in [2.05, 4.69) is 16.9 Å². The van der Waals surface area contributed by atoms with Crippen LogP contribution in [-0.4, -0.2) is 33.9 Å². The van der Waals surface area contributed by atoms with E-state index in [0.29, 0.717) is 6.42 Å². The topological polar surface area (TPSA) is 132 Å². The van der Waals surface area contributed by atoms with E-state index in [-0.39, 0.29) is 5.56 Å². The van der Waals surface area contributed by atoms with E-state index in [1.54, 1.807) is 36.4 Å². The van der Waals surface area contributed by atoms with E-state index in [1.165, 1.54) is 57.4 Å². The summed E-state index contributed by atoms with van der Waals surface area (Å²) in [4.78, 5) is 15.6. The van der Waals surface area contributed by atoms with Crippen LogP contribution in [0.5, 0.6) is 0 Å². The maximum absolute atomic E-state index is 13.0. The maximum Gasteiger partial charge on any atom is 0.200 e. The van der Waals surface area contributed by atoms with Crippen molar-refractivity contribution in [2.75, 3.05) is 6.61 Å². The van der Waals surface area contributed by atoms with Crippen LogP contribution in [0.15, 0.2) is 47.6 Å². The number of nitrogens with zero attached hydrogens (tertiary/aromatic N) is 3. The first-order valence-corrected chi connectivity index (χ1v) is 11.9. The van der Waals surface area contributed by atoms with Crippen molar-refractivity contribution in [3.63, 3.8) is 0 Å². The standard InChI is InChI=1S/C25H40N4O3/c1-2-3-4-5-6-7-8-9-10-11-12-13-17-20-24(32,25(26,21-30)28-29-27)23(31)22-18-15-14-16-19-22/h14-20,30,32H,2-13,21,26H2,1H3/b20-17+/t24-,25+/m0/s1. The quantitative estimate of drug-likeness (QED) is 0.0657. The lowest BCUT2D eigenvalue weighted by atomic mass is 9.81. The zero-order valence-electron chi connectivity index (χ0n) is 19.5. The van der Waals surface area contributed by atoms with Gasteiger partial charge in [-0.1, -0.05) is 113 Å². The summed E-state index contributed by atoms with van der Waals surface area (Å²) in [5.74, 6) is -0.725. The molecule has 0 radical (unpaired) electrons. The molecule has 0 amide bonds. The van der Waals surface area contributed by atoms with Crippen LogP contribution in [-0.2, 0) is 0 Å². The number of Topliss-reactive ketones (excluding diaryl/α,β-unsaturated/α-hetero) is 1. The van der Waals surface area contributed by atoms with E-state index in [9.17, 15) is 15.0 Å². The van der Waals surface area contributed by atoms with Crippen LogP contribution in [0.4, 0.5) is 0 Å². The minimum atomic E-state index is -2.35. The highest BCUT2D eigenvalue weighted by Crippen LogP contribution is 2.28. The molecule has 0 saturated heterocycles. The largest absolute Gasteiger partial charge is 0.394 e. The molecule has 0 aliphatic heterocycles. The smallest absolute Gasteiger partial charge is 0.200 e. The average Bonchev–Trinajstić information content (AvgIpc) is 2.81. The van der Waals surface area contributed by atoms with Gasteiger partial charge in [0.25, 0.3) is 0 Å². The first kappa shape index (κ1) is 27.9. The van der Waals surface area contributed by atoms with E-state index >= 15 is 0 Å². The van der Waals surface area contributed by atoms with E-state index in [0.717, 1.165) is 19.3 Å². The summed E-state index contributed by atoms with van der Waals surface area (Å²) in [6.07, 6.45) is 17.2. The van der Waals surface area contributed by atoms with Gasteiger partial charge in [-0.3, -0.25) is 4.79 Å². The minimum Gasteiger partial charge on any atom is -0.394 e. The summed E-state index contributed by atoms with van der Waals surface area (Å²) in [6, 6.07) is 8.14. The number of ketones is 1. The van der Waals surface area contributed by atoms with Gasteiger partial charge in [0.15, 0.2) is 17.0 Å². The van der Waals surface area contributed by atoms with Gasteiger partial charge in [0.2, 0.25) is 0 Å². The van der Waals surface area contributed by atoms with Crippen LogP contribution < -0.4 is 5.73 Å². The molecule has 0 fully saturated rings. The summed E-state index contributed by atoms with van der Waals surface area (Å²) in [5.41, 5.74) is 10.5. The third-order valence-electron chi connectivity index (χ3n) is 5.84. The van der Waals surface area contributed by atoms with Gasteiger partial charge in [-0.25, -0.2) is 0 Å². The molecular weight excluding hydrogens is 404 g/mol. The highest BCUT2D eigenvalue weighted by Gasteiger charge is 2.51. The van der Waals surface area contributed by atoms with Crippen molar-refractivity contribution < 1.29 is 15.0 Å². The predicted molar refractivity (Wildman–Crippen MR) is 129 cm³/mol. The van der Waals surface area contributed by atoms with Crippen LogP contribution in [0.1, 0.15) is 94.3 Å². The second-order valence-electron chi connectivity index (χ2n) is 8.46. The van der Waals surface area contributed by atoms with Crippen molar-refractivity contribution in [1.29, 1.82) is 0 Å². The monoisotopic (exact) mass is 444 g/mol. The third-order valence-corrected chi connectivity index (χ3v) is 5.84. The Kier molecular flexibility index (Phi) is 13.6. The first-order chi connectivity index (χ1) is 15.4. The fraction of sp³-hybridized carbons (Fsp3) is 0.640. The average molecular weight is 445 g/mol. The number of aliphatic hydroxyl groups excluding tert-OH is 1. The molecule has 0 unspecified atom stereocenters. The number of rotatable bonds is 18. The van der Waals surface area contributed by atoms with Gasteiger partial charge in [0.1, 0.15) is 0 Å². The molecule has 178 valence electrons. The molecule has 1 aromatic rings. The molecule has 0 heterocycles. The molecule has 32 heavy (non-hydrogen) atoms. The Balaban J connectivity index is 2.57. The van der Waals surface area contributed by atoms with Crippen molar-refractivity contribution in [2.24, 2.45) is 10.8 Å². The second-order valence-corrected chi connectivity index (χ2v) is 8.46. The molecular formula is C25H40N4O3. The Labute approximate surface area is 192 Å². The van der Waals surface area contributed by atoms with Gasteiger partial charge < -0.3 is 15.9 Å². The van der Waals surface area contributed by atoms with E-state index in [1.807, 2.05) is 0 Å². The number of azide groups is 1. The molecule has 4 N–H and O–H groups in total. The third kappa shape index (κ3) is 8.75. The second kappa shape index (κ2) is 15.6. The number of allylic oxidation sites excluding steroid dienone is 1. The summed E-state index contributed by atoms with van der Waals surface area (Å²) >= 11 is 0. The summed E-state index contributed by atoms with van der Waals surface area (Å²) in [6.45, 7) is 1.35. The zero-order chi connectivity index (χ0) is 23.7. The summed E-state index contributed by atoms with van der Waals surface area (Å²) in [5, 5.41) is 24.2. The number of carbonyl (C=O) groups excluding carboxylic acids is 1. The summed E-state index contributed by atoms with van der Waals surface area (Å²) in [7, 11) is 0. The lowest BCUT2D eigenvalue weighted by molar-refractivity contribution is -0.00400. The Hall–Kier alpha value is -2.18. The number of hydrogen-bond donors (Lipinski definition) is 3. The van der Waals surface area contributed by atoms with Gasteiger partial charge in [-0.2, -0.15) is 0 Å². The van der Waals surface area contributed by atoms with Gasteiger partial charge >= 0.3 is 0 Å². The van der Waals surface area contributed by atoms with Crippen LogP contribution in [0.3, 0.4) is 0 Å². The Morgan fingerprint density at radius 1 is 1.03 bits per heavy atom. The van der Waals surface area contributed by atoms with Crippen LogP contribution >= 0.6 is 0 Å². The molecule has 0 aliphatic rings. The zero-order valence-corrected chi connectivity index (χ0v) is 19.5. The lowest BCUT2D eigenvalue weighted by Gasteiger charge is -2.36. The number of carbonyl (C=O) groups is 1. The molecule has 0 saturated carbocycles. The molecule has 1 rings (SSSR count). The number of nitrogens with two attached hydrogens (primary N) is 1. The Bertz CT molecular complexity index is 734. The van der Waals surface area contributed by atoms with Gasteiger partial charge in [-0.15, -0.1) is 0 Å². The fourth-order valence-corrected chi connectivity index (χ4v) is 3.71. The van der Waals surface area contributed by atoms with Crippen LogP contribution in [0.2, 0.25) is 0 Å². The van der Waals surface area contributed by atoms with Crippen molar-refractivity contribution in [3.05, 3.63) is 58.5 Å². The Morgan fingerprint density at radius 2 is 1.56 bits per heavy atom. The van der Waals surface area contributed by atoms with E-state index in [4.69, 9.17) is 11.3 Å². The number of benzene rings is 1. The molecule has 7 nitrogen and oxygen atoms in total. The molecule has 0 aliphatic carbocycles. The molecule has 1 aromatic carbocycles. The number of hydrogen-bond acceptors (Lipinski definition) is 5. The molecule has 0 spiro atoms. The number of aliphatic hydroxyl groups is 2. The van der Waals surface area contributed by atoms with Crippen molar-refractivity contribution in [3.8, 4) is 0 Å². The molecule has 0 aromatic heterocycles. The summed E-state index contributed by atoms with van der Waals surface area (Å²) < 4.78 is 0. The predicted octanol–water partition coefficient (Wildman–Crippen LogP) is 5.82. The first-order valence-electron chi connectivity index (χ1n) is 11.9. The van der Waals surface area contributed by atoms with Gasteiger partial charge in [0.05, 0.1) is 6.61 Å². The van der Waals surface area contributed by atoms with Gasteiger partial charge in [-0.05, 0) is 24.4 Å². The fourth-order valence-electron chi connectivity index (χ4n) is 3.71. The lowest BCUT2D eigenvalue weighted by Crippen LogP contribution is -2.64. The normalized spacial score (nSPS) is 15.1. The molecule has 7 heteroatoms. The highest BCUT2D eigenvalue weighted by molar-refractivity contribution is 6.04. The van der Waals surface area contributed by atoms with Gasteiger partial charge in [0, 0.05) is 10.5 Å². The van der Waals surface area contributed by atoms with E-state index < -0.39 is 23.7 Å². The SMILES string of the molecule is CCCCCCCCCCCCC/C=C/[C@](O)(C(=O)c1ccccc1)[C@@](N)(CO)N=[N+]=[N-]. The minimum absolute atomic E-state index is 0.214. The van der Waals surface area contributed by atoms with Crippen molar-refractivity contribution in [1.82, 2.24) is 0 Å². The Morgan fingerprint density at radius 3 is 2.06 bits per heavy atom. The van der Waals surface area contributed by atoms with Crippen LogP contribution in [0.25, 0.3) is 10.4 Å². The highest BCUT2D eigenvalue weighted by atomic mass is 16.3. The van der Waals surface area contributed by atoms with Crippen LogP contribution in [0, 0.1) is 0 Å².